The maximum atomic E-state index is 12.7. The van der Waals surface area contributed by atoms with Gasteiger partial charge in [-0.25, -0.2) is 4.79 Å². The molecule has 0 saturated heterocycles. The zero-order chi connectivity index (χ0) is 22.0. The Kier molecular flexibility index (Phi) is 10.5. The number of hydrogen-bond acceptors (Lipinski definition) is 6. The molecule has 0 fully saturated rings. The van der Waals surface area contributed by atoms with Crippen LogP contribution in [0.3, 0.4) is 0 Å². The standard InChI is InChI=1S/C20H31N3O5S/c1-4-12(2)17(21)19(26)22-15(9-10-29-3)18(25)23-16(20(27)28)11-13-5-7-14(24)8-6-13/h5-8,12,15-17,24H,4,9-11,21H2,1-3H3,(H,22,26)(H,23,25)(H,27,28)/t12-,15-,16-,17-/m0/s1. The van der Waals surface area contributed by atoms with Gasteiger partial charge in [0, 0.05) is 6.42 Å². The zero-order valence-corrected chi connectivity index (χ0v) is 17.9. The van der Waals surface area contributed by atoms with Gasteiger partial charge < -0.3 is 26.6 Å². The van der Waals surface area contributed by atoms with Crippen LogP contribution in [0, 0.1) is 5.92 Å². The maximum Gasteiger partial charge on any atom is 0.326 e. The van der Waals surface area contributed by atoms with E-state index in [4.69, 9.17) is 5.73 Å². The van der Waals surface area contributed by atoms with Crippen LogP contribution in [0.1, 0.15) is 32.3 Å². The number of phenols is 1. The van der Waals surface area contributed by atoms with Crippen molar-refractivity contribution in [1.29, 1.82) is 0 Å². The molecule has 29 heavy (non-hydrogen) atoms. The van der Waals surface area contributed by atoms with E-state index in [1.807, 2.05) is 20.1 Å². The van der Waals surface area contributed by atoms with Gasteiger partial charge in [-0.1, -0.05) is 32.4 Å². The quantitative estimate of drug-likeness (QED) is 0.338. The number of carbonyl (C=O) groups is 3. The van der Waals surface area contributed by atoms with Crippen molar-refractivity contribution in [2.45, 2.75) is 51.2 Å². The van der Waals surface area contributed by atoms with Crippen LogP contribution < -0.4 is 16.4 Å². The van der Waals surface area contributed by atoms with Crippen molar-refractivity contribution in [3.8, 4) is 5.75 Å². The van der Waals surface area contributed by atoms with Crippen molar-refractivity contribution in [3.63, 3.8) is 0 Å². The second kappa shape index (κ2) is 12.3. The number of carbonyl (C=O) groups excluding carboxylic acids is 2. The van der Waals surface area contributed by atoms with E-state index >= 15 is 0 Å². The van der Waals surface area contributed by atoms with Gasteiger partial charge in [-0.3, -0.25) is 9.59 Å². The average Bonchev–Trinajstić information content (AvgIpc) is 2.70. The third-order valence-electron chi connectivity index (χ3n) is 4.79. The zero-order valence-electron chi connectivity index (χ0n) is 17.1. The van der Waals surface area contributed by atoms with Gasteiger partial charge in [0.2, 0.25) is 11.8 Å². The fourth-order valence-corrected chi connectivity index (χ4v) is 3.10. The molecule has 0 spiro atoms. The Bertz CT molecular complexity index is 683. The predicted molar refractivity (Wildman–Crippen MR) is 114 cm³/mol. The smallest absolute Gasteiger partial charge is 0.326 e. The molecule has 162 valence electrons. The maximum absolute atomic E-state index is 12.7. The number of amides is 2. The Balaban J connectivity index is 2.85. The van der Waals surface area contributed by atoms with Gasteiger partial charge >= 0.3 is 5.97 Å². The highest BCUT2D eigenvalue weighted by atomic mass is 32.2. The van der Waals surface area contributed by atoms with Crippen molar-refractivity contribution in [2.75, 3.05) is 12.0 Å². The number of nitrogens with one attached hydrogen (secondary N) is 2. The van der Waals surface area contributed by atoms with Crippen molar-refractivity contribution in [3.05, 3.63) is 29.8 Å². The third-order valence-corrected chi connectivity index (χ3v) is 5.44. The van der Waals surface area contributed by atoms with E-state index in [0.717, 1.165) is 6.42 Å². The molecule has 9 heteroatoms. The molecule has 0 heterocycles. The summed E-state index contributed by atoms with van der Waals surface area (Å²) in [6.45, 7) is 3.79. The molecule has 6 N–H and O–H groups in total. The van der Waals surface area contributed by atoms with Gasteiger partial charge in [-0.15, -0.1) is 0 Å². The van der Waals surface area contributed by atoms with Gasteiger partial charge in [0.05, 0.1) is 6.04 Å². The summed E-state index contributed by atoms with van der Waals surface area (Å²) in [5, 5.41) is 24.0. The number of phenolic OH excluding ortho intramolecular Hbond substituents is 1. The van der Waals surface area contributed by atoms with E-state index in [0.29, 0.717) is 17.7 Å². The van der Waals surface area contributed by atoms with Crippen LogP contribution in [0.15, 0.2) is 24.3 Å². The number of benzene rings is 1. The molecule has 0 unspecified atom stereocenters. The van der Waals surface area contributed by atoms with Crippen LogP contribution >= 0.6 is 11.8 Å². The first-order chi connectivity index (χ1) is 13.7. The summed E-state index contributed by atoms with van der Waals surface area (Å²) in [5.74, 6) is -1.52. The SMILES string of the molecule is CC[C@H](C)[C@H](N)C(=O)N[C@@H](CCSC)C(=O)N[C@@H](Cc1ccc(O)cc1)C(=O)O. The first-order valence-electron chi connectivity index (χ1n) is 9.55. The minimum atomic E-state index is -1.18. The number of thioether (sulfide) groups is 1. The van der Waals surface area contributed by atoms with Gasteiger partial charge in [-0.05, 0) is 42.0 Å². The Morgan fingerprint density at radius 2 is 1.69 bits per heavy atom. The van der Waals surface area contributed by atoms with Crippen molar-refractivity contribution < 1.29 is 24.6 Å². The number of nitrogens with two attached hydrogens (primary N) is 1. The Hall–Kier alpha value is -2.26. The molecule has 4 atom stereocenters. The summed E-state index contributed by atoms with van der Waals surface area (Å²) in [6.07, 6.45) is 3.02. The number of carboxylic acids is 1. The summed E-state index contributed by atoms with van der Waals surface area (Å²) >= 11 is 1.52. The lowest BCUT2D eigenvalue weighted by atomic mass is 9.99. The number of aliphatic carboxylic acids is 1. The molecule has 0 saturated carbocycles. The molecular weight excluding hydrogens is 394 g/mol. The first kappa shape index (κ1) is 24.8. The summed E-state index contributed by atoms with van der Waals surface area (Å²) < 4.78 is 0. The number of rotatable bonds is 12. The molecule has 8 nitrogen and oxygen atoms in total. The molecule has 1 aromatic rings. The molecule has 1 aromatic carbocycles. The Labute approximate surface area is 175 Å². The molecule has 0 bridgehead atoms. The van der Waals surface area contributed by atoms with Crippen LogP contribution in [-0.4, -0.2) is 58.1 Å². The minimum Gasteiger partial charge on any atom is -0.508 e. The fourth-order valence-electron chi connectivity index (χ4n) is 2.62. The fraction of sp³-hybridized carbons (Fsp3) is 0.550. The molecule has 0 radical (unpaired) electrons. The van der Waals surface area contributed by atoms with Gasteiger partial charge in [-0.2, -0.15) is 11.8 Å². The first-order valence-corrected chi connectivity index (χ1v) is 10.9. The molecule has 1 rings (SSSR count). The lowest BCUT2D eigenvalue weighted by Gasteiger charge is -2.24. The predicted octanol–water partition coefficient (Wildman–Crippen LogP) is 1.12. The summed E-state index contributed by atoms with van der Waals surface area (Å²) in [7, 11) is 0. The van der Waals surface area contributed by atoms with Gasteiger partial charge in [0.1, 0.15) is 17.8 Å². The molecule has 0 aliphatic carbocycles. The van der Waals surface area contributed by atoms with E-state index in [1.165, 1.54) is 23.9 Å². The number of hydrogen-bond donors (Lipinski definition) is 5. The van der Waals surface area contributed by atoms with Crippen LogP contribution in [0.4, 0.5) is 0 Å². The Morgan fingerprint density at radius 1 is 1.10 bits per heavy atom. The topological polar surface area (TPSA) is 142 Å². The van der Waals surface area contributed by atoms with E-state index in [2.05, 4.69) is 10.6 Å². The molecule has 0 aliphatic rings. The van der Waals surface area contributed by atoms with E-state index in [1.54, 1.807) is 12.1 Å². The molecular formula is C20H31N3O5S. The van der Waals surface area contributed by atoms with E-state index < -0.39 is 35.9 Å². The average molecular weight is 426 g/mol. The van der Waals surface area contributed by atoms with Gasteiger partial charge in [0.25, 0.3) is 0 Å². The highest BCUT2D eigenvalue weighted by Gasteiger charge is 2.29. The largest absolute Gasteiger partial charge is 0.508 e. The molecule has 0 aliphatic heterocycles. The second-order valence-electron chi connectivity index (χ2n) is 7.02. The highest BCUT2D eigenvalue weighted by molar-refractivity contribution is 7.98. The van der Waals surface area contributed by atoms with Crippen LogP contribution in [0.2, 0.25) is 0 Å². The molecule has 0 aromatic heterocycles. The van der Waals surface area contributed by atoms with Crippen molar-refractivity contribution in [2.24, 2.45) is 11.7 Å². The van der Waals surface area contributed by atoms with Gasteiger partial charge in [0.15, 0.2) is 0 Å². The lowest BCUT2D eigenvalue weighted by Crippen LogP contribution is -2.55. The normalized spacial score (nSPS) is 15.0. The van der Waals surface area contributed by atoms with Crippen LogP contribution in [0.25, 0.3) is 0 Å². The monoisotopic (exact) mass is 425 g/mol. The highest BCUT2D eigenvalue weighted by Crippen LogP contribution is 2.12. The van der Waals surface area contributed by atoms with Crippen molar-refractivity contribution in [1.82, 2.24) is 10.6 Å². The number of carboxylic acid groups (broad SMARTS) is 1. The van der Waals surface area contributed by atoms with Crippen molar-refractivity contribution >= 4 is 29.5 Å². The third kappa shape index (κ3) is 8.33. The minimum absolute atomic E-state index is 0.0412. The summed E-state index contributed by atoms with van der Waals surface area (Å²) in [6, 6.07) is 3.32. The van der Waals surface area contributed by atoms with E-state index in [-0.39, 0.29) is 18.1 Å². The molecule has 2 amide bonds. The summed E-state index contributed by atoms with van der Waals surface area (Å²) in [5.41, 5.74) is 6.60. The van der Waals surface area contributed by atoms with E-state index in [9.17, 15) is 24.6 Å². The lowest BCUT2D eigenvalue weighted by molar-refractivity contribution is -0.142. The van der Waals surface area contributed by atoms with Crippen LogP contribution in [-0.2, 0) is 20.8 Å². The number of aromatic hydroxyl groups is 1. The summed E-state index contributed by atoms with van der Waals surface area (Å²) in [4.78, 5) is 36.8. The second-order valence-corrected chi connectivity index (χ2v) is 8.01. The Morgan fingerprint density at radius 3 is 2.21 bits per heavy atom. The van der Waals surface area contributed by atoms with Crippen LogP contribution in [0.5, 0.6) is 5.75 Å².